The number of nitro benzene ring substituents is 1. The van der Waals surface area contributed by atoms with Gasteiger partial charge in [0.25, 0.3) is 15.7 Å². The number of nitrogens with zero attached hydrogens (tertiary/aromatic N) is 3. The molecule has 2 atom stereocenters. The van der Waals surface area contributed by atoms with E-state index in [9.17, 15) is 18.5 Å². The summed E-state index contributed by atoms with van der Waals surface area (Å²) in [6.07, 6.45) is 0.751. The van der Waals surface area contributed by atoms with E-state index in [1.807, 2.05) is 19.1 Å². The van der Waals surface area contributed by atoms with E-state index in [4.69, 9.17) is 0 Å². The van der Waals surface area contributed by atoms with Crippen LogP contribution in [0.4, 0.5) is 11.4 Å². The number of likely N-dealkylation sites (N-methyl/N-ethyl adjacent to an activating group) is 1. The lowest BCUT2D eigenvalue weighted by Crippen LogP contribution is -2.47. The fourth-order valence-electron chi connectivity index (χ4n) is 4.20. The number of aryl methyl sites for hydroxylation is 1. The fourth-order valence-corrected chi connectivity index (χ4v) is 5.94. The van der Waals surface area contributed by atoms with Gasteiger partial charge in [-0.05, 0) is 50.7 Å². The van der Waals surface area contributed by atoms with Crippen LogP contribution in [0.15, 0.2) is 47.4 Å². The van der Waals surface area contributed by atoms with Gasteiger partial charge in [0.15, 0.2) is 0 Å². The standard InChI is InChI=1S/C19H21N3O4S.ClH/c1-13-3-8-18-16(11-13)17-12-20(2)10-9-19(17)21(18)27(25,26)15-6-4-14(5-7-15)22(23)24;/h3-8,11,17,19H,9-10,12H2,1-2H3;1H/t17-,19+;/m0./s1. The molecule has 0 aliphatic carbocycles. The molecule has 2 heterocycles. The Kier molecular flexibility index (Phi) is 5.40. The molecule has 4 rings (SSSR count). The number of likely N-dealkylation sites (tertiary alicyclic amines) is 1. The maximum atomic E-state index is 13.4. The van der Waals surface area contributed by atoms with Gasteiger partial charge in [-0.1, -0.05) is 17.7 Å². The number of piperidine rings is 1. The Balaban J connectivity index is 0.00000225. The normalized spacial score (nSPS) is 21.6. The predicted octanol–water partition coefficient (Wildman–Crippen LogP) is 3.32. The molecule has 28 heavy (non-hydrogen) atoms. The summed E-state index contributed by atoms with van der Waals surface area (Å²) in [4.78, 5) is 12.7. The van der Waals surface area contributed by atoms with E-state index in [2.05, 4.69) is 18.0 Å². The van der Waals surface area contributed by atoms with E-state index in [1.165, 1.54) is 24.3 Å². The maximum absolute atomic E-state index is 13.4. The summed E-state index contributed by atoms with van der Waals surface area (Å²) in [6.45, 7) is 3.66. The van der Waals surface area contributed by atoms with Crippen molar-refractivity contribution in [2.24, 2.45) is 0 Å². The van der Waals surface area contributed by atoms with E-state index < -0.39 is 14.9 Å². The molecule has 0 saturated carbocycles. The molecule has 0 bridgehead atoms. The number of hydrogen-bond donors (Lipinski definition) is 0. The molecule has 0 N–H and O–H groups in total. The number of nitro groups is 1. The minimum absolute atomic E-state index is 0. The maximum Gasteiger partial charge on any atom is 0.269 e. The third-order valence-electron chi connectivity index (χ3n) is 5.50. The van der Waals surface area contributed by atoms with Crippen LogP contribution in [-0.2, 0) is 10.0 Å². The number of fused-ring (bicyclic) bond motifs is 3. The summed E-state index contributed by atoms with van der Waals surface area (Å²) in [5.41, 5.74) is 2.78. The van der Waals surface area contributed by atoms with Crippen LogP contribution in [0.2, 0.25) is 0 Å². The molecule has 2 aliphatic heterocycles. The second-order valence-electron chi connectivity index (χ2n) is 7.34. The average molecular weight is 424 g/mol. The molecule has 0 radical (unpaired) electrons. The van der Waals surface area contributed by atoms with E-state index in [-0.39, 0.29) is 34.9 Å². The molecule has 0 aromatic heterocycles. The Bertz CT molecular complexity index is 1010. The predicted molar refractivity (Wildman–Crippen MR) is 110 cm³/mol. The molecule has 1 fully saturated rings. The number of non-ortho nitro benzene ring substituents is 1. The number of benzene rings is 2. The first-order chi connectivity index (χ1) is 12.8. The molecule has 150 valence electrons. The van der Waals surface area contributed by atoms with Gasteiger partial charge < -0.3 is 4.90 Å². The lowest BCUT2D eigenvalue weighted by atomic mass is 9.89. The van der Waals surface area contributed by atoms with Gasteiger partial charge >= 0.3 is 0 Å². The van der Waals surface area contributed by atoms with Crippen molar-refractivity contribution in [2.75, 3.05) is 24.4 Å². The highest BCUT2D eigenvalue weighted by Crippen LogP contribution is 2.47. The van der Waals surface area contributed by atoms with Gasteiger partial charge in [0, 0.05) is 24.6 Å². The van der Waals surface area contributed by atoms with Gasteiger partial charge in [-0.25, -0.2) is 8.42 Å². The van der Waals surface area contributed by atoms with Gasteiger partial charge in [-0.3, -0.25) is 14.4 Å². The quantitative estimate of drug-likeness (QED) is 0.558. The third-order valence-corrected chi connectivity index (χ3v) is 7.36. The third kappa shape index (κ3) is 3.25. The Labute approximate surface area is 170 Å². The van der Waals surface area contributed by atoms with Crippen molar-refractivity contribution in [3.8, 4) is 0 Å². The second-order valence-corrected chi connectivity index (χ2v) is 9.15. The van der Waals surface area contributed by atoms with Crippen LogP contribution >= 0.6 is 12.4 Å². The molecule has 2 aromatic carbocycles. The smallest absolute Gasteiger partial charge is 0.269 e. The summed E-state index contributed by atoms with van der Waals surface area (Å²) in [6, 6.07) is 10.9. The Morgan fingerprint density at radius 3 is 2.46 bits per heavy atom. The summed E-state index contributed by atoms with van der Waals surface area (Å²) < 4.78 is 28.4. The second kappa shape index (κ2) is 7.35. The van der Waals surface area contributed by atoms with Crippen LogP contribution in [0.1, 0.15) is 23.5 Å². The topological polar surface area (TPSA) is 83.8 Å². The molecule has 2 aliphatic rings. The number of anilines is 1. The van der Waals surface area contributed by atoms with E-state index in [0.717, 1.165) is 36.3 Å². The SMILES string of the molecule is Cc1ccc2c(c1)[C@@H]1CN(C)CC[C@H]1N2S(=O)(=O)c1ccc([N+](=O)[O-])cc1.Cl. The van der Waals surface area contributed by atoms with Crippen molar-refractivity contribution in [3.05, 3.63) is 63.7 Å². The Morgan fingerprint density at radius 2 is 1.82 bits per heavy atom. The van der Waals surface area contributed by atoms with E-state index in [0.29, 0.717) is 0 Å². The Morgan fingerprint density at radius 1 is 1.14 bits per heavy atom. The van der Waals surface area contributed by atoms with Gasteiger partial charge in [0.1, 0.15) is 0 Å². The average Bonchev–Trinajstić information content (AvgIpc) is 2.95. The van der Waals surface area contributed by atoms with Crippen LogP contribution in [0, 0.1) is 17.0 Å². The Hall–Kier alpha value is -2.16. The molecular weight excluding hydrogens is 402 g/mol. The fraction of sp³-hybridized carbons (Fsp3) is 0.368. The van der Waals surface area contributed by atoms with Crippen molar-refractivity contribution in [1.29, 1.82) is 0 Å². The zero-order chi connectivity index (χ0) is 19.3. The molecular formula is C19H22ClN3O4S. The van der Waals surface area contributed by atoms with Gasteiger partial charge in [-0.15, -0.1) is 12.4 Å². The number of hydrogen-bond acceptors (Lipinski definition) is 5. The molecule has 0 amide bonds. The first-order valence-electron chi connectivity index (χ1n) is 8.87. The van der Waals surface area contributed by atoms with Crippen molar-refractivity contribution in [2.45, 2.75) is 30.2 Å². The number of halogens is 1. The lowest BCUT2D eigenvalue weighted by molar-refractivity contribution is -0.384. The van der Waals surface area contributed by atoms with E-state index in [1.54, 1.807) is 4.31 Å². The highest BCUT2D eigenvalue weighted by molar-refractivity contribution is 7.92. The summed E-state index contributed by atoms with van der Waals surface area (Å²) in [5.74, 6) is 0.131. The van der Waals surface area contributed by atoms with Crippen LogP contribution in [0.3, 0.4) is 0 Å². The largest absolute Gasteiger partial charge is 0.306 e. The van der Waals surface area contributed by atoms with Gasteiger partial charge in [-0.2, -0.15) is 0 Å². The number of sulfonamides is 1. The molecule has 0 unspecified atom stereocenters. The van der Waals surface area contributed by atoms with Gasteiger partial charge in [0.2, 0.25) is 0 Å². The monoisotopic (exact) mass is 423 g/mol. The highest BCUT2D eigenvalue weighted by atomic mass is 35.5. The molecule has 2 aromatic rings. The van der Waals surface area contributed by atoms with Crippen molar-refractivity contribution in [3.63, 3.8) is 0 Å². The van der Waals surface area contributed by atoms with Crippen molar-refractivity contribution < 1.29 is 13.3 Å². The minimum atomic E-state index is -3.80. The molecule has 7 nitrogen and oxygen atoms in total. The van der Waals surface area contributed by atoms with Crippen LogP contribution in [-0.4, -0.2) is 44.4 Å². The molecule has 9 heteroatoms. The van der Waals surface area contributed by atoms with Crippen molar-refractivity contribution in [1.82, 2.24) is 4.90 Å². The zero-order valence-electron chi connectivity index (χ0n) is 15.6. The first-order valence-corrected chi connectivity index (χ1v) is 10.3. The first kappa shape index (κ1) is 20.6. The molecule has 1 saturated heterocycles. The number of rotatable bonds is 3. The van der Waals surface area contributed by atoms with Crippen LogP contribution < -0.4 is 4.31 Å². The van der Waals surface area contributed by atoms with Crippen molar-refractivity contribution >= 4 is 33.8 Å². The summed E-state index contributed by atoms with van der Waals surface area (Å²) in [7, 11) is -1.75. The van der Waals surface area contributed by atoms with Crippen LogP contribution in [0.5, 0.6) is 0 Å². The molecule has 0 spiro atoms. The lowest BCUT2D eigenvalue weighted by Gasteiger charge is -2.36. The van der Waals surface area contributed by atoms with E-state index >= 15 is 0 Å². The zero-order valence-corrected chi connectivity index (χ0v) is 17.2. The minimum Gasteiger partial charge on any atom is -0.306 e. The van der Waals surface area contributed by atoms with Gasteiger partial charge in [0.05, 0.1) is 21.5 Å². The highest BCUT2D eigenvalue weighted by Gasteiger charge is 2.46. The summed E-state index contributed by atoms with van der Waals surface area (Å²) in [5, 5.41) is 10.9. The van der Waals surface area contributed by atoms with Crippen LogP contribution in [0.25, 0.3) is 0 Å². The summed E-state index contributed by atoms with van der Waals surface area (Å²) >= 11 is 0.